The summed E-state index contributed by atoms with van der Waals surface area (Å²) in [6.07, 6.45) is 0. The first-order valence-electron chi connectivity index (χ1n) is 6.04. The number of para-hydroxylation sites is 1. The summed E-state index contributed by atoms with van der Waals surface area (Å²) >= 11 is 5.65. The number of halogens is 2. The second-order valence-electron chi connectivity index (χ2n) is 4.14. The minimum absolute atomic E-state index is 0.106. The molecule has 0 aromatic heterocycles. The summed E-state index contributed by atoms with van der Waals surface area (Å²) in [7, 11) is 3.17. The molecule has 0 heterocycles. The fourth-order valence-corrected chi connectivity index (χ4v) is 2.01. The lowest BCUT2D eigenvalue weighted by Crippen LogP contribution is -2.03. The van der Waals surface area contributed by atoms with Crippen LogP contribution in [-0.4, -0.2) is 14.2 Å². The van der Waals surface area contributed by atoms with Crippen LogP contribution >= 0.6 is 11.6 Å². The number of hydrogen-bond donors (Lipinski definition) is 1. The van der Waals surface area contributed by atoms with Crippen molar-refractivity contribution in [3.63, 3.8) is 0 Å². The number of nitrogens with one attached hydrogen (secondary N) is 1. The van der Waals surface area contributed by atoms with Gasteiger partial charge in [-0.2, -0.15) is 0 Å². The van der Waals surface area contributed by atoms with Crippen molar-refractivity contribution in [3.05, 3.63) is 52.8 Å². The van der Waals surface area contributed by atoms with Gasteiger partial charge in [-0.15, -0.1) is 0 Å². The third-order valence-electron chi connectivity index (χ3n) is 2.89. The van der Waals surface area contributed by atoms with Crippen LogP contribution in [0, 0.1) is 5.82 Å². The minimum Gasteiger partial charge on any atom is -0.493 e. The van der Waals surface area contributed by atoms with Gasteiger partial charge in [0.15, 0.2) is 11.5 Å². The minimum atomic E-state index is -0.450. The van der Waals surface area contributed by atoms with E-state index in [0.29, 0.717) is 23.7 Å². The highest BCUT2D eigenvalue weighted by molar-refractivity contribution is 6.30. The summed E-state index contributed by atoms with van der Waals surface area (Å²) in [5, 5.41) is 3.23. The Kier molecular flexibility index (Phi) is 4.69. The summed E-state index contributed by atoms with van der Waals surface area (Å²) in [5.74, 6) is 0.875. The van der Waals surface area contributed by atoms with Gasteiger partial charge in [0.25, 0.3) is 0 Å². The van der Waals surface area contributed by atoms with Gasteiger partial charge >= 0.3 is 0 Å². The van der Waals surface area contributed by atoms with Crippen LogP contribution in [0.2, 0.25) is 5.02 Å². The van der Waals surface area contributed by atoms with Crippen molar-refractivity contribution in [1.82, 2.24) is 0 Å². The number of methoxy groups -OCH3 is 2. The van der Waals surface area contributed by atoms with Crippen molar-refractivity contribution >= 4 is 17.3 Å². The van der Waals surface area contributed by atoms with Crippen LogP contribution in [0.25, 0.3) is 0 Å². The van der Waals surface area contributed by atoms with E-state index < -0.39 is 5.82 Å². The lowest BCUT2D eigenvalue weighted by Gasteiger charge is -2.13. The van der Waals surface area contributed by atoms with E-state index in [9.17, 15) is 4.39 Å². The average molecular weight is 296 g/mol. The Bertz CT molecular complexity index is 604. The van der Waals surface area contributed by atoms with Gasteiger partial charge in [0.05, 0.1) is 19.2 Å². The summed E-state index contributed by atoms with van der Waals surface area (Å²) in [6.45, 7) is 0.488. The SMILES string of the molecule is COc1cccc(CNc2ccc(Cl)c(F)c2)c1OC. The Morgan fingerprint density at radius 3 is 2.60 bits per heavy atom. The Labute approximate surface area is 122 Å². The zero-order chi connectivity index (χ0) is 14.5. The molecule has 0 spiro atoms. The lowest BCUT2D eigenvalue weighted by atomic mass is 10.1. The smallest absolute Gasteiger partial charge is 0.165 e. The molecule has 0 saturated heterocycles. The van der Waals surface area contributed by atoms with Gasteiger partial charge in [0.1, 0.15) is 5.82 Å². The Morgan fingerprint density at radius 2 is 1.95 bits per heavy atom. The molecule has 2 rings (SSSR count). The van der Waals surface area contributed by atoms with Crippen LogP contribution in [0.15, 0.2) is 36.4 Å². The maximum atomic E-state index is 13.4. The molecule has 0 aliphatic heterocycles. The maximum absolute atomic E-state index is 13.4. The summed E-state index contributed by atoms with van der Waals surface area (Å²) in [4.78, 5) is 0. The third-order valence-corrected chi connectivity index (χ3v) is 3.19. The monoisotopic (exact) mass is 295 g/mol. The second kappa shape index (κ2) is 6.48. The topological polar surface area (TPSA) is 30.5 Å². The first-order valence-corrected chi connectivity index (χ1v) is 6.42. The molecule has 0 amide bonds. The molecule has 2 aromatic carbocycles. The first-order chi connectivity index (χ1) is 9.65. The van der Waals surface area contributed by atoms with E-state index in [1.807, 2.05) is 18.2 Å². The fraction of sp³-hybridized carbons (Fsp3) is 0.200. The van der Waals surface area contributed by atoms with Crippen LogP contribution in [0.3, 0.4) is 0 Å². The molecule has 106 valence electrons. The standard InChI is InChI=1S/C15H15ClFNO2/c1-19-14-5-3-4-10(15(14)20-2)9-18-11-6-7-12(16)13(17)8-11/h3-8,18H,9H2,1-2H3. The summed E-state index contributed by atoms with van der Waals surface area (Å²) < 4.78 is 23.9. The molecular weight excluding hydrogens is 281 g/mol. The molecule has 2 aromatic rings. The molecule has 0 fully saturated rings. The molecule has 0 atom stereocenters. The number of anilines is 1. The highest BCUT2D eigenvalue weighted by atomic mass is 35.5. The molecule has 0 saturated carbocycles. The first kappa shape index (κ1) is 14.5. The molecule has 0 aliphatic carbocycles. The summed E-state index contributed by atoms with van der Waals surface area (Å²) in [5.41, 5.74) is 1.57. The van der Waals surface area contributed by atoms with Crippen molar-refractivity contribution in [1.29, 1.82) is 0 Å². The van der Waals surface area contributed by atoms with Crippen molar-refractivity contribution < 1.29 is 13.9 Å². The number of ether oxygens (including phenoxy) is 2. The van der Waals surface area contributed by atoms with Crippen molar-refractivity contribution in [2.24, 2.45) is 0 Å². The molecule has 20 heavy (non-hydrogen) atoms. The molecule has 3 nitrogen and oxygen atoms in total. The predicted molar refractivity (Wildman–Crippen MR) is 78.3 cm³/mol. The Balaban J connectivity index is 2.16. The quantitative estimate of drug-likeness (QED) is 0.900. The van der Waals surface area contributed by atoms with Gasteiger partial charge in [-0.3, -0.25) is 0 Å². The lowest BCUT2D eigenvalue weighted by molar-refractivity contribution is 0.352. The van der Waals surface area contributed by atoms with Crippen LogP contribution in [0.1, 0.15) is 5.56 Å². The van der Waals surface area contributed by atoms with Crippen LogP contribution in [-0.2, 0) is 6.54 Å². The summed E-state index contributed by atoms with van der Waals surface area (Å²) in [6, 6.07) is 10.2. The average Bonchev–Trinajstić information content (AvgIpc) is 2.47. The van der Waals surface area contributed by atoms with E-state index in [0.717, 1.165) is 5.56 Å². The molecule has 0 unspecified atom stereocenters. The van der Waals surface area contributed by atoms with Crippen molar-refractivity contribution in [2.75, 3.05) is 19.5 Å². The number of benzene rings is 2. The Morgan fingerprint density at radius 1 is 1.15 bits per heavy atom. The van der Waals surface area contributed by atoms with E-state index in [1.54, 1.807) is 20.3 Å². The van der Waals surface area contributed by atoms with E-state index >= 15 is 0 Å². The van der Waals surface area contributed by atoms with Gasteiger partial charge < -0.3 is 14.8 Å². The van der Waals surface area contributed by atoms with Crippen molar-refractivity contribution in [3.8, 4) is 11.5 Å². The van der Waals surface area contributed by atoms with E-state index in [-0.39, 0.29) is 5.02 Å². The molecule has 0 radical (unpaired) electrons. The largest absolute Gasteiger partial charge is 0.493 e. The van der Waals surface area contributed by atoms with E-state index in [2.05, 4.69) is 5.32 Å². The van der Waals surface area contributed by atoms with Crippen LogP contribution in [0.5, 0.6) is 11.5 Å². The number of hydrogen-bond acceptors (Lipinski definition) is 3. The van der Waals surface area contributed by atoms with Crippen molar-refractivity contribution in [2.45, 2.75) is 6.54 Å². The zero-order valence-corrected chi connectivity index (χ0v) is 12.0. The van der Waals surface area contributed by atoms with E-state index in [4.69, 9.17) is 21.1 Å². The molecule has 5 heteroatoms. The second-order valence-corrected chi connectivity index (χ2v) is 4.54. The van der Waals surface area contributed by atoms with Gasteiger partial charge in [-0.05, 0) is 24.3 Å². The maximum Gasteiger partial charge on any atom is 0.165 e. The van der Waals surface area contributed by atoms with Crippen LogP contribution < -0.4 is 14.8 Å². The highest BCUT2D eigenvalue weighted by Gasteiger charge is 2.09. The van der Waals surface area contributed by atoms with Gasteiger partial charge in [0.2, 0.25) is 0 Å². The molecule has 0 aliphatic rings. The highest BCUT2D eigenvalue weighted by Crippen LogP contribution is 2.31. The van der Waals surface area contributed by atoms with Gasteiger partial charge in [-0.1, -0.05) is 23.7 Å². The third kappa shape index (κ3) is 3.14. The van der Waals surface area contributed by atoms with Crippen LogP contribution in [0.4, 0.5) is 10.1 Å². The predicted octanol–water partition coefficient (Wildman–Crippen LogP) is 4.11. The number of rotatable bonds is 5. The Hall–Kier alpha value is -1.94. The van der Waals surface area contributed by atoms with Gasteiger partial charge in [0, 0.05) is 17.8 Å². The molecule has 0 bridgehead atoms. The normalized spacial score (nSPS) is 10.2. The zero-order valence-electron chi connectivity index (χ0n) is 11.2. The fourth-order valence-electron chi connectivity index (χ4n) is 1.90. The van der Waals surface area contributed by atoms with E-state index in [1.165, 1.54) is 12.1 Å². The molecule has 1 N–H and O–H groups in total. The molecular formula is C15H15ClFNO2. The van der Waals surface area contributed by atoms with Gasteiger partial charge in [-0.25, -0.2) is 4.39 Å².